The summed E-state index contributed by atoms with van der Waals surface area (Å²) in [5.41, 5.74) is 1.68. The van der Waals surface area contributed by atoms with Crippen LogP contribution in [0.5, 0.6) is 0 Å². The quantitative estimate of drug-likeness (QED) is 0.646. The molecule has 0 radical (unpaired) electrons. The van der Waals surface area contributed by atoms with Crippen LogP contribution in [-0.2, 0) is 0 Å². The minimum absolute atomic E-state index is 0.681. The molecule has 0 fully saturated rings. The Balaban J connectivity index is 2.99. The Kier molecular flexibility index (Phi) is 1.99. The number of nitrogens with zero attached hydrogens (tertiary/aromatic N) is 1. The van der Waals surface area contributed by atoms with Crippen molar-refractivity contribution in [2.45, 2.75) is 6.92 Å². The normalized spacial score (nSPS) is 10.2. The fraction of sp³-hybridized carbons (Fsp3) is 0.100. The summed E-state index contributed by atoms with van der Waals surface area (Å²) in [5.74, 6) is 0. The topological polar surface area (TPSA) is 23.8 Å². The number of fused-ring (bicyclic) bond motifs is 1. The van der Waals surface area contributed by atoms with Crippen LogP contribution < -0.4 is 0 Å². The number of rotatable bonds is 0. The number of aryl methyl sites for hydroxylation is 1. The molecule has 0 unspecified atom stereocenters. The van der Waals surface area contributed by atoms with E-state index in [0.717, 1.165) is 15.6 Å². The van der Waals surface area contributed by atoms with E-state index in [1.807, 2.05) is 24.4 Å². The third-order valence-corrected chi connectivity index (χ3v) is 3.39. The zero-order valence-electron chi connectivity index (χ0n) is 6.97. The lowest BCUT2D eigenvalue weighted by Gasteiger charge is -1.98. The third-order valence-electron chi connectivity index (χ3n) is 2.02. The summed E-state index contributed by atoms with van der Waals surface area (Å²) >= 11 is 7.56. The zero-order chi connectivity index (χ0) is 9.42. The largest absolute Gasteiger partial charge is 0.192 e. The fourth-order valence-corrected chi connectivity index (χ4v) is 2.55. The number of hydrogen-bond acceptors (Lipinski definition) is 2. The highest BCUT2D eigenvalue weighted by Gasteiger charge is 2.08. The molecule has 0 amide bonds. The SMILES string of the molecule is Cc1ccc2scc(Cl)c2c1C#N. The first-order valence-electron chi connectivity index (χ1n) is 3.80. The van der Waals surface area contributed by atoms with Crippen molar-refractivity contribution in [1.82, 2.24) is 0 Å². The maximum atomic E-state index is 8.96. The molecule has 0 bridgehead atoms. The Hall–Kier alpha value is -1.04. The Morgan fingerprint density at radius 1 is 1.46 bits per heavy atom. The fourth-order valence-electron chi connectivity index (χ4n) is 1.34. The minimum atomic E-state index is 0.681. The van der Waals surface area contributed by atoms with Crippen molar-refractivity contribution >= 4 is 33.0 Å². The summed E-state index contributed by atoms with van der Waals surface area (Å²) in [6.45, 7) is 1.92. The van der Waals surface area contributed by atoms with Crippen molar-refractivity contribution in [2.75, 3.05) is 0 Å². The molecule has 1 aromatic heterocycles. The van der Waals surface area contributed by atoms with Crippen LogP contribution in [0.4, 0.5) is 0 Å². The van der Waals surface area contributed by atoms with Crippen LogP contribution in [0.2, 0.25) is 5.02 Å². The summed E-state index contributed by atoms with van der Waals surface area (Å²) < 4.78 is 1.08. The molecule has 0 aliphatic heterocycles. The molecule has 3 heteroatoms. The number of halogens is 1. The molecule has 13 heavy (non-hydrogen) atoms. The molecule has 64 valence electrons. The van der Waals surface area contributed by atoms with Crippen LogP contribution in [0, 0.1) is 18.3 Å². The van der Waals surface area contributed by atoms with E-state index in [1.165, 1.54) is 0 Å². The molecular weight excluding hydrogens is 202 g/mol. The van der Waals surface area contributed by atoms with Gasteiger partial charge < -0.3 is 0 Å². The summed E-state index contributed by atoms with van der Waals surface area (Å²) in [6, 6.07) is 6.14. The van der Waals surface area contributed by atoms with E-state index >= 15 is 0 Å². The summed E-state index contributed by atoms with van der Waals surface area (Å²) in [7, 11) is 0. The molecule has 1 heterocycles. The highest BCUT2D eigenvalue weighted by Crippen LogP contribution is 2.33. The van der Waals surface area contributed by atoms with Crippen LogP contribution in [0.3, 0.4) is 0 Å². The third kappa shape index (κ3) is 1.21. The lowest BCUT2D eigenvalue weighted by molar-refractivity contribution is 1.43. The van der Waals surface area contributed by atoms with Crippen molar-refractivity contribution in [1.29, 1.82) is 5.26 Å². The van der Waals surface area contributed by atoms with E-state index in [4.69, 9.17) is 16.9 Å². The predicted octanol–water partition coefficient (Wildman–Crippen LogP) is 3.73. The van der Waals surface area contributed by atoms with Crippen LogP contribution in [0.25, 0.3) is 10.1 Å². The maximum Gasteiger partial charge on any atom is 0.100 e. The van der Waals surface area contributed by atoms with Crippen LogP contribution in [-0.4, -0.2) is 0 Å². The van der Waals surface area contributed by atoms with Gasteiger partial charge in [0.1, 0.15) is 6.07 Å². The predicted molar refractivity (Wildman–Crippen MR) is 56.3 cm³/mol. The van der Waals surface area contributed by atoms with Gasteiger partial charge >= 0.3 is 0 Å². The Labute approximate surface area is 85.2 Å². The first kappa shape index (κ1) is 8.55. The maximum absolute atomic E-state index is 8.96. The average molecular weight is 208 g/mol. The van der Waals surface area contributed by atoms with Crippen molar-refractivity contribution in [3.63, 3.8) is 0 Å². The van der Waals surface area contributed by atoms with Gasteiger partial charge in [-0.1, -0.05) is 17.7 Å². The monoisotopic (exact) mass is 207 g/mol. The standard InChI is InChI=1S/C10H6ClNS/c1-6-2-3-9-10(7(6)4-12)8(11)5-13-9/h2-3,5H,1H3. The van der Waals surface area contributed by atoms with E-state index in [9.17, 15) is 0 Å². The molecule has 2 aromatic rings. The van der Waals surface area contributed by atoms with Crippen molar-refractivity contribution in [3.05, 3.63) is 33.7 Å². The average Bonchev–Trinajstić information content (AvgIpc) is 2.49. The smallest absolute Gasteiger partial charge is 0.100 e. The van der Waals surface area contributed by atoms with E-state index in [-0.39, 0.29) is 0 Å². The van der Waals surface area contributed by atoms with Gasteiger partial charge in [-0.15, -0.1) is 11.3 Å². The molecule has 0 saturated carbocycles. The molecule has 1 nitrogen and oxygen atoms in total. The van der Waals surface area contributed by atoms with Gasteiger partial charge in [-0.05, 0) is 18.6 Å². The van der Waals surface area contributed by atoms with Crippen LogP contribution in [0.1, 0.15) is 11.1 Å². The first-order valence-corrected chi connectivity index (χ1v) is 5.06. The van der Waals surface area contributed by atoms with Gasteiger partial charge in [0.15, 0.2) is 0 Å². The number of thiophene rings is 1. The second-order valence-electron chi connectivity index (χ2n) is 2.83. The van der Waals surface area contributed by atoms with Gasteiger partial charge in [-0.25, -0.2) is 0 Å². The van der Waals surface area contributed by atoms with Gasteiger partial charge in [-0.2, -0.15) is 5.26 Å². The van der Waals surface area contributed by atoms with E-state index in [2.05, 4.69) is 6.07 Å². The number of benzene rings is 1. The highest BCUT2D eigenvalue weighted by molar-refractivity contribution is 7.17. The van der Waals surface area contributed by atoms with Crippen molar-refractivity contribution < 1.29 is 0 Å². The van der Waals surface area contributed by atoms with Gasteiger partial charge in [0.25, 0.3) is 0 Å². The van der Waals surface area contributed by atoms with Crippen LogP contribution >= 0.6 is 22.9 Å². The van der Waals surface area contributed by atoms with Gasteiger partial charge in [-0.3, -0.25) is 0 Å². The molecular formula is C10H6ClNS. The van der Waals surface area contributed by atoms with E-state index < -0.39 is 0 Å². The molecule has 2 rings (SSSR count). The van der Waals surface area contributed by atoms with Crippen molar-refractivity contribution in [3.8, 4) is 6.07 Å². The molecule has 0 aliphatic carbocycles. The van der Waals surface area contributed by atoms with Crippen LogP contribution in [0.15, 0.2) is 17.5 Å². The summed E-state index contributed by atoms with van der Waals surface area (Å²) in [6.07, 6.45) is 0. The molecule has 1 aromatic carbocycles. The number of hydrogen-bond donors (Lipinski definition) is 0. The van der Waals surface area contributed by atoms with Gasteiger partial charge in [0, 0.05) is 15.5 Å². The highest BCUT2D eigenvalue weighted by atomic mass is 35.5. The molecule has 0 N–H and O–H groups in total. The summed E-state index contributed by atoms with van der Waals surface area (Å²) in [5, 5.41) is 12.4. The van der Waals surface area contributed by atoms with Crippen molar-refractivity contribution in [2.24, 2.45) is 0 Å². The van der Waals surface area contributed by atoms with E-state index in [0.29, 0.717) is 10.6 Å². The Bertz CT molecular complexity index is 507. The van der Waals surface area contributed by atoms with Gasteiger partial charge in [0.05, 0.1) is 10.6 Å². The second kappa shape index (κ2) is 3.02. The molecule has 0 aliphatic rings. The number of nitriles is 1. The lowest BCUT2D eigenvalue weighted by atomic mass is 10.1. The first-order chi connectivity index (χ1) is 6.24. The molecule has 0 atom stereocenters. The second-order valence-corrected chi connectivity index (χ2v) is 4.14. The Morgan fingerprint density at radius 3 is 2.92 bits per heavy atom. The minimum Gasteiger partial charge on any atom is -0.192 e. The summed E-state index contributed by atoms with van der Waals surface area (Å²) in [4.78, 5) is 0. The lowest BCUT2D eigenvalue weighted by Crippen LogP contribution is -1.81. The Morgan fingerprint density at radius 2 is 2.23 bits per heavy atom. The molecule has 0 spiro atoms. The van der Waals surface area contributed by atoms with E-state index in [1.54, 1.807) is 11.3 Å². The molecule has 0 saturated heterocycles. The zero-order valence-corrected chi connectivity index (χ0v) is 8.54. The van der Waals surface area contributed by atoms with Gasteiger partial charge in [0.2, 0.25) is 0 Å².